The predicted molar refractivity (Wildman–Crippen MR) is 93.3 cm³/mol. The minimum Gasteiger partial charge on any atom is -0.367 e. The number of carbonyl (C=O) groups is 1. The number of rotatable bonds is 9. The summed E-state index contributed by atoms with van der Waals surface area (Å²) in [5, 5.41) is 2.88. The molecule has 4 nitrogen and oxygen atoms in total. The van der Waals surface area contributed by atoms with Crippen molar-refractivity contribution in [2.24, 2.45) is 11.1 Å². The second kappa shape index (κ2) is 10.6. The fraction of sp³-hybridized carbons (Fsp3) is 0.588. The Labute approximate surface area is 152 Å². The van der Waals surface area contributed by atoms with Crippen LogP contribution in [0.2, 0.25) is 0 Å². The van der Waals surface area contributed by atoms with Crippen molar-refractivity contribution in [1.82, 2.24) is 5.32 Å². The molecule has 1 aromatic carbocycles. The summed E-state index contributed by atoms with van der Waals surface area (Å²) in [6, 6.07) is 6.89. The lowest BCUT2D eigenvalue weighted by molar-refractivity contribution is -0.176. The molecular formula is C17H26ClF3N2O2. The van der Waals surface area contributed by atoms with Gasteiger partial charge in [0, 0.05) is 13.1 Å². The predicted octanol–water partition coefficient (Wildman–Crippen LogP) is 3.57. The van der Waals surface area contributed by atoms with Gasteiger partial charge in [-0.25, -0.2) is 0 Å². The van der Waals surface area contributed by atoms with Crippen LogP contribution in [0.4, 0.5) is 13.2 Å². The number of amides is 1. The molecule has 0 heterocycles. The summed E-state index contributed by atoms with van der Waals surface area (Å²) in [7, 11) is 0. The summed E-state index contributed by atoms with van der Waals surface area (Å²) in [5.74, 6) is -0.0763. The van der Waals surface area contributed by atoms with Gasteiger partial charge < -0.3 is 15.8 Å². The molecule has 0 saturated heterocycles. The smallest absolute Gasteiger partial charge is 0.367 e. The Hall–Kier alpha value is -1.31. The Morgan fingerprint density at radius 3 is 2.08 bits per heavy atom. The van der Waals surface area contributed by atoms with Crippen molar-refractivity contribution in [1.29, 1.82) is 0 Å². The first-order valence-electron chi connectivity index (χ1n) is 7.97. The summed E-state index contributed by atoms with van der Waals surface area (Å²) in [6.07, 6.45) is -2.99. The standard InChI is InChI=1S/C17H25F3N2O2.ClH/c1-3-16(4-2,11-21)15(23)22-9-13-5-7-14(8-6-13)10-24-12-17(18,19)20;/h5-8H,3-4,9-12,21H2,1-2H3,(H,22,23);1H. The van der Waals surface area contributed by atoms with Gasteiger partial charge >= 0.3 is 6.18 Å². The Kier molecular flexibility index (Phi) is 10.1. The molecule has 1 amide bonds. The van der Waals surface area contributed by atoms with Crippen molar-refractivity contribution in [2.45, 2.75) is 46.0 Å². The van der Waals surface area contributed by atoms with Crippen molar-refractivity contribution >= 4 is 18.3 Å². The Bertz CT molecular complexity index is 509. The topological polar surface area (TPSA) is 64.4 Å². The number of benzene rings is 1. The van der Waals surface area contributed by atoms with Crippen LogP contribution in [0.1, 0.15) is 37.8 Å². The zero-order valence-corrected chi connectivity index (χ0v) is 15.3. The molecule has 0 bridgehead atoms. The molecule has 1 aromatic rings. The highest BCUT2D eigenvalue weighted by Crippen LogP contribution is 2.25. The molecule has 25 heavy (non-hydrogen) atoms. The van der Waals surface area contributed by atoms with Crippen molar-refractivity contribution in [3.05, 3.63) is 35.4 Å². The molecule has 0 aromatic heterocycles. The van der Waals surface area contributed by atoms with E-state index in [0.717, 1.165) is 5.56 Å². The van der Waals surface area contributed by atoms with E-state index < -0.39 is 18.2 Å². The van der Waals surface area contributed by atoms with Crippen molar-refractivity contribution < 1.29 is 22.7 Å². The lowest BCUT2D eigenvalue weighted by atomic mass is 9.81. The lowest BCUT2D eigenvalue weighted by Gasteiger charge is -2.28. The summed E-state index contributed by atoms with van der Waals surface area (Å²) in [5.41, 5.74) is 6.70. The normalized spacial score (nSPS) is 11.8. The quantitative estimate of drug-likeness (QED) is 0.686. The SMILES string of the molecule is CCC(CC)(CN)C(=O)NCc1ccc(COCC(F)(F)F)cc1.Cl. The molecule has 1 rings (SSSR count). The van der Waals surface area contributed by atoms with Crippen LogP contribution < -0.4 is 11.1 Å². The van der Waals surface area contributed by atoms with Gasteiger partial charge in [-0.2, -0.15) is 13.2 Å². The molecule has 0 fully saturated rings. The van der Waals surface area contributed by atoms with Crippen molar-refractivity contribution in [3.63, 3.8) is 0 Å². The van der Waals surface area contributed by atoms with Crippen LogP contribution in [0.25, 0.3) is 0 Å². The molecule has 0 aliphatic carbocycles. The van der Waals surface area contributed by atoms with Gasteiger partial charge in [0.1, 0.15) is 6.61 Å². The molecule has 0 radical (unpaired) electrons. The average molecular weight is 383 g/mol. The van der Waals surface area contributed by atoms with E-state index in [1.807, 2.05) is 13.8 Å². The number of carbonyl (C=O) groups excluding carboxylic acids is 1. The van der Waals surface area contributed by atoms with Crippen LogP contribution in [0.3, 0.4) is 0 Å². The summed E-state index contributed by atoms with van der Waals surface area (Å²) < 4.78 is 40.6. The van der Waals surface area contributed by atoms with Crippen LogP contribution in [0, 0.1) is 5.41 Å². The number of ether oxygens (including phenoxy) is 1. The van der Waals surface area contributed by atoms with E-state index in [-0.39, 0.29) is 24.9 Å². The number of halogens is 4. The van der Waals surface area contributed by atoms with E-state index in [9.17, 15) is 18.0 Å². The average Bonchev–Trinajstić information content (AvgIpc) is 2.55. The number of hydrogen-bond donors (Lipinski definition) is 2. The maximum Gasteiger partial charge on any atom is 0.411 e. The van der Waals surface area contributed by atoms with Gasteiger partial charge in [0.15, 0.2) is 0 Å². The third-order valence-corrected chi connectivity index (χ3v) is 4.24. The highest BCUT2D eigenvalue weighted by Gasteiger charge is 2.32. The highest BCUT2D eigenvalue weighted by atomic mass is 35.5. The van der Waals surface area contributed by atoms with Crippen molar-refractivity contribution in [2.75, 3.05) is 13.2 Å². The van der Waals surface area contributed by atoms with Gasteiger partial charge in [-0.1, -0.05) is 38.1 Å². The lowest BCUT2D eigenvalue weighted by Crippen LogP contribution is -2.45. The summed E-state index contributed by atoms with van der Waals surface area (Å²) >= 11 is 0. The number of hydrogen-bond acceptors (Lipinski definition) is 3. The molecule has 3 N–H and O–H groups in total. The van der Waals surface area contributed by atoms with Crippen LogP contribution in [-0.4, -0.2) is 25.2 Å². The second-order valence-corrected chi connectivity index (χ2v) is 5.80. The van der Waals surface area contributed by atoms with Crippen molar-refractivity contribution in [3.8, 4) is 0 Å². The monoisotopic (exact) mass is 382 g/mol. The van der Waals surface area contributed by atoms with Crippen LogP contribution in [0.5, 0.6) is 0 Å². The Balaban J connectivity index is 0.00000576. The highest BCUT2D eigenvalue weighted by molar-refractivity contribution is 5.85. The molecule has 0 atom stereocenters. The van der Waals surface area contributed by atoms with E-state index in [4.69, 9.17) is 5.73 Å². The molecule has 0 spiro atoms. The first-order valence-corrected chi connectivity index (χ1v) is 7.97. The van der Waals surface area contributed by atoms with Crippen LogP contribution in [-0.2, 0) is 22.7 Å². The molecule has 0 saturated carbocycles. The molecular weight excluding hydrogens is 357 g/mol. The number of nitrogens with one attached hydrogen (secondary N) is 1. The molecule has 0 aliphatic heterocycles. The van der Waals surface area contributed by atoms with Gasteiger partial charge in [0.25, 0.3) is 0 Å². The minimum atomic E-state index is -4.32. The molecule has 0 aliphatic rings. The fourth-order valence-electron chi connectivity index (χ4n) is 2.36. The largest absolute Gasteiger partial charge is 0.411 e. The van der Waals surface area contributed by atoms with E-state index in [1.165, 1.54) is 0 Å². The zero-order chi connectivity index (χ0) is 18.2. The first kappa shape index (κ1) is 23.7. The van der Waals surface area contributed by atoms with Gasteiger partial charge in [-0.05, 0) is 24.0 Å². The fourth-order valence-corrected chi connectivity index (χ4v) is 2.36. The van der Waals surface area contributed by atoms with Crippen LogP contribution in [0.15, 0.2) is 24.3 Å². The number of alkyl halides is 3. The first-order chi connectivity index (χ1) is 11.3. The van der Waals surface area contributed by atoms with Gasteiger partial charge in [-0.15, -0.1) is 12.4 Å². The molecule has 0 unspecified atom stereocenters. The summed E-state index contributed by atoms with van der Waals surface area (Å²) in [6.45, 7) is 3.15. The zero-order valence-electron chi connectivity index (χ0n) is 14.5. The van der Waals surface area contributed by atoms with E-state index in [1.54, 1.807) is 24.3 Å². The second-order valence-electron chi connectivity index (χ2n) is 5.80. The van der Waals surface area contributed by atoms with Gasteiger partial charge in [0.2, 0.25) is 5.91 Å². The van der Waals surface area contributed by atoms with Gasteiger partial charge in [0.05, 0.1) is 12.0 Å². The third kappa shape index (κ3) is 7.63. The Morgan fingerprint density at radius 2 is 1.64 bits per heavy atom. The van der Waals surface area contributed by atoms with E-state index in [0.29, 0.717) is 31.5 Å². The minimum absolute atomic E-state index is 0. The molecule has 8 heteroatoms. The third-order valence-electron chi connectivity index (χ3n) is 4.24. The number of nitrogens with two attached hydrogens (primary N) is 1. The van der Waals surface area contributed by atoms with E-state index in [2.05, 4.69) is 10.1 Å². The molecule has 144 valence electrons. The van der Waals surface area contributed by atoms with Crippen LogP contribution >= 0.6 is 12.4 Å². The van der Waals surface area contributed by atoms with E-state index >= 15 is 0 Å². The maximum absolute atomic E-state index is 12.3. The maximum atomic E-state index is 12.3. The van der Waals surface area contributed by atoms with Gasteiger partial charge in [-0.3, -0.25) is 4.79 Å². The summed E-state index contributed by atoms with van der Waals surface area (Å²) in [4.78, 5) is 12.3. The Morgan fingerprint density at radius 1 is 1.12 bits per heavy atom.